The topological polar surface area (TPSA) is 78.5 Å². The number of carbonyl (C=O) groups is 3. The van der Waals surface area contributed by atoms with Crippen molar-refractivity contribution < 1.29 is 27.6 Å². The van der Waals surface area contributed by atoms with Crippen LogP contribution in [0.5, 0.6) is 0 Å². The van der Waals surface area contributed by atoms with E-state index >= 15 is 0 Å². The van der Waals surface area contributed by atoms with Gasteiger partial charge in [0, 0.05) is 5.69 Å². The van der Waals surface area contributed by atoms with Gasteiger partial charge >= 0.3 is 12.2 Å². The number of imide groups is 1. The molecule has 1 aromatic carbocycles. The molecule has 1 atom stereocenters. The lowest BCUT2D eigenvalue weighted by Crippen LogP contribution is -2.38. The Morgan fingerprint density at radius 1 is 1.35 bits per heavy atom. The molecule has 1 aromatic rings. The molecule has 4 amide bonds. The van der Waals surface area contributed by atoms with Gasteiger partial charge in [-0.15, -0.1) is 0 Å². The molecule has 0 aliphatic carbocycles. The predicted molar refractivity (Wildman–Crippen MR) is 88.6 cm³/mol. The molecule has 0 aromatic heterocycles. The zero-order valence-electron chi connectivity index (χ0n) is 14.0. The predicted octanol–water partition coefficient (Wildman–Crippen LogP) is 3.26. The van der Waals surface area contributed by atoms with Crippen LogP contribution in [0.25, 0.3) is 0 Å². The summed E-state index contributed by atoms with van der Waals surface area (Å²) in [6, 6.07) is 1.48. The first-order valence-electron chi connectivity index (χ1n) is 7.77. The molecule has 0 radical (unpaired) electrons. The average Bonchev–Trinajstić information content (AvgIpc) is 2.75. The van der Waals surface area contributed by atoms with Gasteiger partial charge < -0.3 is 10.6 Å². The Kier molecular flexibility index (Phi) is 5.80. The van der Waals surface area contributed by atoms with E-state index < -0.39 is 47.2 Å². The van der Waals surface area contributed by atoms with Gasteiger partial charge in [0.05, 0.1) is 10.6 Å². The molecule has 1 aliphatic heterocycles. The van der Waals surface area contributed by atoms with Crippen molar-refractivity contribution in [2.75, 3.05) is 11.9 Å². The highest BCUT2D eigenvalue weighted by Crippen LogP contribution is 2.36. The summed E-state index contributed by atoms with van der Waals surface area (Å²) >= 11 is 5.51. The van der Waals surface area contributed by atoms with E-state index in [1.807, 2.05) is 13.8 Å². The fourth-order valence-electron chi connectivity index (χ4n) is 2.52. The van der Waals surface area contributed by atoms with Crippen molar-refractivity contribution in [2.24, 2.45) is 5.92 Å². The van der Waals surface area contributed by atoms with Gasteiger partial charge in [0.25, 0.3) is 5.91 Å². The second-order valence-corrected chi connectivity index (χ2v) is 6.70. The number of nitrogens with one attached hydrogen (secondary N) is 2. The van der Waals surface area contributed by atoms with Crippen LogP contribution in [0.1, 0.15) is 25.8 Å². The molecule has 1 aliphatic rings. The second-order valence-electron chi connectivity index (χ2n) is 6.30. The van der Waals surface area contributed by atoms with Crippen LogP contribution in [0.15, 0.2) is 18.2 Å². The number of hydrogen-bond donors (Lipinski definition) is 2. The third-order valence-electron chi connectivity index (χ3n) is 3.67. The van der Waals surface area contributed by atoms with Crippen LogP contribution in [0.4, 0.5) is 23.7 Å². The van der Waals surface area contributed by atoms with Crippen molar-refractivity contribution in [3.63, 3.8) is 0 Å². The van der Waals surface area contributed by atoms with Crippen molar-refractivity contribution in [1.82, 2.24) is 10.2 Å². The van der Waals surface area contributed by atoms with Gasteiger partial charge in [0.1, 0.15) is 12.6 Å². The lowest BCUT2D eigenvalue weighted by atomic mass is 10.0. The summed E-state index contributed by atoms with van der Waals surface area (Å²) < 4.78 is 38.5. The molecule has 26 heavy (non-hydrogen) atoms. The summed E-state index contributed by atoms with van der Waals surface area (Å²) in [5, 5.41) is 4.22. The molecule has 1 unspecified atom stereocenters. The van der Waals surface area contributed by atoms with Crippen LogP contribution in [-0.2, 0) is 15.8 Å². The highest BCUT2D eigenvalue weighted by molar-refractivity contribution is 6.31. The summed E-state index contributed by atoms with van der Waals surface area (Å²) in [7, 11) is 0. The molecule has 142 valence electrons. The highest BCUT2D eigenvalue weighted by atomic mass is 35.5. The Hall–Kier alpha value is -2.29. The van der Waals surface area contributed by atoms with E-state index in [9.17, 15) is 27.6 Å². The second kappa shape index (κ2) is 7.53. The van der Waals surface area contributed by atoms with Gasteiger partial charge in [0.15, 0.2) is 0 Å². The van der Waals surface area contributed by atoms with Gasteiger partial charge in [0.2, 0.25) is 5.91 Å². The fourth-order valence-corrected chi connectivity index (χ4v) is 2.75. The molecule has 2 rings (SSSR count). The van der Waals surface area contributed by atoms with E-state index in [2.05, 4.69) is 10.6 Å². The van der Waals surface area contributed by atoms with Crippen molar-refractivity contribution in [3.05, 3.63) is 28.8 Å². The lowest BCUT2D eigenvalue weighted by molar-refractivity contribution is -0.137. The first-order chi connectivity index (χ1) is 12.0. The maximum absolute atomic E-state index is 12.8. The lowest BCUT2D eigenvalue weighted by Gasteiger charge is -2.15. The van der Waals surface area contributed by atoms with Gasteiger partial charge in [-0.2, -0.15) is 13.2 Å². The standard InChI is InChI=1S/C16H17ClF3N3O3/c1-8(2)5-12-14(25)23(15(26)22-12)7-13(24)21-9-3-4-11(17)10(6-9)16(18,19)20/h3-4,6,8,12H,5,7H2,1-2H3,(H,21,24)(H,22,26). The van der Waals surface area contributed by atoms with Gasteiger partial charge in [-0.05, 0) is 30.5 Å². The highest BCUT2D eigenvalue weighted by Gasteiger charge is 2.39. The van der Waals surface area contributed by atoms with Crippen molar-refractivity contribution in [2.45, 2.75) is 32.5 Å². The molecule has 0 bridgehead atoms. The molecular weight excluding hydrogens is 375 g/mol. The van der Waals surface area contributed by atoms with Crippen LogP contribution in [-0.4, -0.2) is 35.3 Å². The van der Waals surface area contributed by atoms with Crippen LogP contribution in [0.2, 0.25) is 5.02 Å². The van der Waals surface area contributed by atoms with Gasteiger partial charge in [-0.1, -0.05) is 25.4 Å². The zero-order chi connectivity index (χ0) is 19.6. The van der Waals surface area contributed by atoms with E-state index in [0.29, 0.717) is 12.5 Å². The largest absolute Gasteiger partial charge is 0.417 e. The first-order valence-corrected chi connectivity index (χ1v) is 8.15. The number of rotatable bonds is 5. The Balaban J connectivity index is 2.05. The summed E-state index contributed by atoms with van der Waals surface area (Å²) in [4.78, 5) is 36.8. The van der Waals surface area contributed by atoms with Crippen LogP contribution < -0.4 is 10.6 Å². The fraction of sp³-hybridized carbons (Fsp3) is 0.438. The van der Waals surface area contributed by atoms with Gasteiger partial charge in [-0.25, -0.2) is 4.79 Å². The normalized spacial score (nSPS) is 17.7. The van der Waals surface area contributed by atoms with Gasteiger partial charge in [-0.3, -0.25) is 14.5 Å². The average molecular weight is 392 g/mol. The molecule has 1 heterocycles. The number of anilines is 1. The smallest absolute Gasteiger partial charge is 0.326 e. The van der Waals surface area contributed by atoms with Crippen LogP contribution >= 0.6 is 11.6 Å². The number of amides is 4. The molecule has 2 N–H and O–H groups in total. The van der Waals surface area contributed by atoms with E-state index in [0.717, 1.165) is 11.0 Å². The number of benzene rings is 1. The molecule has 1 fully saturated rings. The maximum atomic E-state index is 12.8. The van der Waals surface area contributed by atoms with Crippen molar-refractivity contribution >= 4 is 35.1 Å². The number of alkyl halides is 3. The quantitative estimate of drug-likeness (QED) is 0.756. The number of carbonyl (C=O) groups excluding carboxylic acids is 3. The van der Waals surface area contributed by atoms with E-state index in [1.165, 1.54) is 6.07 Å². The zero-order valence-corrected chi connectivity index (χ0v) is 14.7. The minimum atomic E-state index is -4.67. The molecule has 10 heteroatoms. The third-order valence-corrected chi connectivity index (χ3v) is 4.00. The van der Waals surface area contributed by atoms with E-state index in [-0.39, 0.29) is 11.6 Å². The Morgan fingerprint density at radius 2 is 2.00 bits per heavy atom. The Labute approximate surface area is 152 Å². The molecule has 1 saturated heterocycles. The Morgan fingerprint density at radius 3 is 2.58 bits per heavy atom. The summed E-state index contributed by atoms with van der Waals surface area (Å²) in [6.07, 6.45) is -4.25. The summed E-state index contributed by atoms with van der Waals surface area (Å²) in [5.74, 6) is -1.17. The van der Waals surface area contributed by atoms with Crippen LogP contribution in [0.3, 0.4) is 0 Å². The Bertz CT molecular complexity index is 737. The molecule has 0 saturated carbocycles. The number of urea groups is 1. The summed E-state index contributed by atoms with van der Waals surface area (Å²) in [6.45, 7) is 3.17. The minimum Gasteiger partial charge on any atom is -0.326 e. The molecular formula is C16H17ClF3N3O3. The number of nitrogens with zero attached hydrogens (tertiary/aromatic N) is 1. The molecule has 0 spiro atoms. The minimum absolute atomic E-state index is 0.141. The van der Waals surface area contributed by atoms with E-state index in [1.54, 1.807) is 0 Å². The van der Waals surface area contributed by atoms with Crippen molar-refractivity contribution in [1.29, 1.82) is 0 Å². The molecule has 6 nitrogen and oxygen atoms in total. The van der Waals surface area contributed by atoms with E-state index in [4.69, 9.17) is 11.6 Å². The SMILES string of the molecule is CC(C)CC1NC(=O)N(CC(=O)Nc2ccc(Cl)c(C(F)(F)F)c2)C1=O. The van der Waals surface area contributed by atoms with Crippen LogP contribution in [0, 0.1) is 5.92 Å². The summed E-state index contributed by atoms with van der Waals surface area (Å²) in [5.41, 5.74) is -1.23. The number of halogens is 4. The third kappa shape index (κ3) is 4.66. The van der Waals surface area contributed by atoms with Crippen molar-refractivity contribution in [3.8, 4) is 0 Å². The number of hydrogen-bond acceptors (Lipinski definition) is 3. The first kappa shape index (κ1) is 20.0. The monoisotopic (exact) mass is 391 g/mol. The maximum Gasteiger partial charge on any atom is 0.417 e.